The van der Waals surface area contributed by atoms with E-state index in [0.29, 0.717) is 43.9 Å². The summed E-state index contributed by atoms with van der Waals surface area (Å²) in [5.41, 5.74) is 0. The van der Waals surface area contributed by atoms with Crippen molar-refractivity contribution in [2.75, 3.05) is 33.9 Å². The number of rotatable bonds is 9. The third kappa shape index (κ3) is 7.39. The molecule has 10 heteroatoms. The van der Waals surface area contributed by atoms with Crippen LogP contribution in [-0.4, -0.2) is 82.7 Å². The fourth-order valence-corrected chi connectivity index (χ4v) is 7.04. The van der Waals surface area contributed by atoms with E-state index in [2.05, 4.69) is 16.6 Å². The number of piperidine rings is 1. The van der Waals surface area contributed by atoms with E-state index in [9.17, 15) is 13.2 Å². The zero-order valence-corrected chi connectivity index (χ0v) is 21.5. The molecule has 0 aromatic carbocycles. The van der Waals surface area contributed by atoms with Crippen molar-refractivity contribution in [1.82, 2.24) is 14.9 Å². The van der Waals surface area contributed by atoms with E-state index in [1.54, 1.807) is 14.2 Å². The van der Waals surface area contributed by atoms with E-state index in [-0.39, 0.29) is 36.0 Å². The monoisotopic (exact) mass is 505 g/mol. The molecule has 33 heavy (non-hydrogen) atoms. The first-order valence-electron chi connectivity index (χ1n) is 12.1. The molecule has 3 fully saturated rings. The summed E-state index contributed by atoms with van der Waals surface area (Å²) in [6.45, 7) is 4.65. The summed E-state index contributed by atoms with van der Waals surface area (Å²) in [6.07, 6.45) is 7.70. The van der Waals surface area contributed by atoms with E-state index in [4.69, 9.17) is 21.1 Å². The molecule has 6 unspecified atom stereocenters. The van der Waals surface area contributed by atoms with Gasteiger partial charge >= 0.3 is 0 Å². The lowest BCUT2D eigenvalue weighted by Crippen LogP contribution is -2.54. The van der Waals surface area contributed by atoms with E-state index < -0.39 is 10.0 Å². The number of alkyl halides is 1. The van der Waals surface area contributed by atoms with Crippen LogP contribution in [-0.2, 0) is 24.3 Å². The van der Waals surface area contributed by atoms with Gasteiger partial charge in [0.05, 0.1) is 18.8 Å². The van der Waals surface area contributed by atoms with Crippen LogP contribution in [0.3, 0.4) is 0 Å². The molecular weight excluding hydrogens is 466 g/mol. The van der Waals surface area contributed by atoms with Gasteiger partial charge in [-0.05, 0) is 56.8 Å². The Hall–Kier alpha value is -0.710. The van der Waals surface area contributed by atoms with Gasteiger partial charge in [-0.2, -0.15) is 0 Å². The molecule has 0 spiro atoms. The number of halogens is 1. The Morgan fingerprint density at radius 2 is 1.85 bits per heavy atom. The van der Waals surface area contributed by atoms with E-state index in [0.717, 1.165) is 31.1 Å². The molecule has 2 saturated carbocycles. The predicted molar refractivity (Wildman–Crippen MR) is 130 cm³/mol. The average Bonchev–Trinajstić information content (AvgIpc) is 2.83. The number of carbonyl (C=O) groups excluding carboxylic acids is 1. The van der Waals surface area contributed by atoms with Gasteiger partial charge in [-0.15, -0.1) is 11.6 Å². The van der Waals surface area contributed by atoms with E-state index in [1.165, 1.54) is 12.8 Å². The summed E-state index contributed by atoms with van der Waals surface area (Å²) in [6, 6.07) is -0.0760. The van der Waals surface area contributed by atoms with E-state index in [1.807, 2.05) is 4.90 Å². The third-order valence-electron chi connectivity index (χ3n) is 7.72. The van der Waals surface area contributed by atoms with Crippen LogP contribution in [0.4, 0.5) is 0 Å². The largest absolute Gasteiger partial charge is 0.381 e. The molecule has 0 aromatic heterocycles. The normalized spacial score (nSPS) is 34.2. The van der Waals surface area contributed by atoms with Crippen LogP contribution in [0.1, 0.15) is 51.4 Å². The van der Waals surface area contributed by atoms with Crippen LogP contribution in [0, 0.1) is 11.8 Å². The summed E-state index contributed by atoms with van der Waals surface area (Å²) < 4.78 is 37.3. The Morgan fingerprint density at radius 3 is 2.48 bits per heavy atom. The van der Waals surface area contributed by atoms with E-state index >= 15 is 0 Å². The van der Waals surface area contributed by atoms with Gasteiger partial charge in [-0.25, -0.2) is 13.1 Å². The quantitative estimate of drug-likeness (QED) is 0.466. The molecule has 3 rings (SSSR count). The number of hydrogen-bond donors (Lipinski definition) is 2. The number of likely N-dealkylation sites (tertiary alicyclic amines) is 1. The van der Waals surface area contributed by atoms with Crippen LogP contribution >= 0.6 is 11.6 Å². The lowest BCUT2D eigenvalue weighted by molar-refractivity contribution is -0.131. The first-order chi connectivity index (χ1) is 15.8. The Morgan fingerprint density at radius 1 is 1.12 bits per heavy atom. The maximum Gasteiger partial charge on any atom is 0.236 e. The number of ether oxygens (including phenoxy) is 2. The van der Waals surface area contributed by atoms with Gasteiger partial charge < -0.3 is 19.7 Å². The number of methoxy groups -OCH3 is 2. The summed E-state index contributed by atoms with van der Waals surface area (Å²) in [4.78, 5) is 14.6. The molecule has 3 aliphatic rings. The molecule has 1 amide bonds. The fourth-order valence-electron chi connectivity index (χ4n) is 5.76. The van der Waals surface area contributed by atoms with Gasteiger partial charge in [0.2, 0.25) is 15.9 Å². The smallest absolute Gasteiger partial charge is 0.236 e. The van der Waals surface area contributed by atoms with Crippen LogP contribution in [0.5, 0.6) is 0 Å². The molecule has 1 aliphatic heterocycles. The first-order valence-corrected chi connectivity index (χ1v) is 14.1. The first kappa shape index (κ1) is 26.9. The predicted octanol–water partition coefficient (Wildman–Crippen LogP) is 2.24. The summed E-state index contributed by atoms with van der Waals surface area (Å²) in [5.74, 6) is 0.969. The van der Waals surface area contributed by atoms with Crippen LogP contribution < -0.4 is 10.0 Å². The number of amides is 1. The van der Waals surface area contributed by atoms with Gasteiger partial charge in [0.1, 0.15) is 0 Å². The summed E-state index contributed by atoms with van der Waals surface area (Å²) >= 11 is 6.82. The highest BCUT2D eigenvalue weighted by atomic mass is 35.5. The van der Waals surface area contributed by atoms with Gasteiger partial charge in [0, 0.05) is 50.2 Å². The number of nitrogens with zero attached hydrogens (tertiary/aromatic N) is 1. The standard InChI is InChI=1S/C23H40ClN3O5S/c1-4-33(29,30)26-17-8-10-27(11-9-17)23(28)15-25-21-13-19(20(24)14-22(21)32-3)16-6-5-7-18(12-16)31-2/h4,16-22,25-26H,1,5-15H2,2-3H3. The van der Waals surface area contributed by atoms with Gasteiger partial charge in [-0.1, -0.05) is 13.0 Å². The Bertz CT molecular complexity index is 759. The minimum Gasteiger partial charge on any atom is -0.381 e. The second-order valence-corrected chi connectivity index (χ2v) is 11.9. The molecule has 1 heterocycles. The zero-order chi connectivity index (χ0) is 24.0. The molecule has 2 aliphatic carbocycles. The maximum absolute atomic E-state index is 12.8. The molecule has 190 valence electrons. The van der Waals surface area contributed by atoms with Crippen molar-refractivity contribution >= 4 is 27.5 Å². The lowest BCUT2D eigenvalue weighted by atomic mass is 9.70. The highest BCUT2D eigenvalue weighted by Crippen LogP contribution is 2.42. The molecule has 8 nitrogen and oxygen atoms in total. The van der Waals surface area contributed by atoms with Crippen molar-refractivity contribution in [3.05, 3.63) is 12.0 Å². The number of sulfonamides is 1. The lowest BCUT2D eigenvalue weighted by Gasteiger charge is -2.44. The molecule has 2 N–H and O–H groups in total. The second-order valence-electron chi connectivity index (χ2n) is 9.68. The van der Waals surface area contributed by atoms with Crippen molar-refractivity contribution in [1.29, 1.82) is 0 Å². The Labute approximate surface area is 203 Å². The molecule has 6 atom stereocenters. The molecule has 1 saturated heterocycles. The zero-order valence-electron chi connectivity index (χ0n) is 19.9. The summed E-state index contributed by atoms with van der Waals surface area (Å²) in [5, 5.41) is 4.46. The van der Waals surface area contributed by atoms with Crippen LogP contribution in [0.25, 0.3) is 0 Å². The third-order valence-corrected chi connectivity index (χ3v) is 9.32. The van der Waals surface area contributed by atoms with Crippen molar-refractivity contribution < 1.29 is 22.7 Å². The van der Waals surface area contributed by atoms with Gasteiger partial charge in [-0.3, -0.25) is 4.79 Å². The minimum atomic E-state index is -3.45. The molecule has 0 bridgehead atoms. The molecular formula is C23H40ClN3O5S. The minimum absolute atomic E-state index is 0.0163. The Kier molecular flexibility index (Phi) is 10.0. The SMILES string of the molecule is C=CS(=O)(=O)NC1CCN(C(=O)CNC2CC(C3CCCC(OC)C3)C(Cl)CC2OC)CC1. The fraction of sp³-hybridized carbons (Fsp3) is 0.870. The van der Waals surface area contributed by atoms with Gasteiger partial charge in [0.25, 0.3) is 0 Å². The number of nitrogens with one attached hydrogen (secondary N) is 2. The summed E-state index contributed by atoms with van der Waals surface area (Å²) in [7, 11) is 0.0524. The number of carbonyl (C=O) groups is 1. The van der Waals surface area contributed by atoms with Gasteiger partial charge in [0.15, 0.2) is 0 Å². The van der Waals surface area contributed by atoms with Crippen molar-refractivity contribution in [2.45, 2.75) is 81.0 Å². The topological polar surface area (TPSA) is 97.0 Å². The van der Waals surface area contributed by atoms with Crippen molar-refractivity contribution in [3.8, 4) is 0 Å². The molecule has 0 radical (unpaired) electrons. The van der Waals surface area contributed by atoms with Crippen molar-refractivity contribution in [3.63, 3.8) is 0 Å². The van der Waals surface area contributed by atoms with Crippen molar-refractivity contribution in [2.24, 2.45) is 11.8 Å². The van der Waals surface area contributed by atoms with Crippen LogP contribution in [0.2, 0.25) is 0 Å². The highest BCUT2D eigenvalue weighted by molar-refractivity contribution is 7.92. The molecule has 0 aromatic rings. The second kappa shape index (κ2) is 12.3. The average molecular weight is 506 g/mol. The Balaban J connectivity index is 1.50. The number of hydrogen-bond acceptors (Lipinski definition) is 6. The van der Waals surface area contributed by atoms with Crippen LogP contribution in [0.15, 0.2) is 12.0 Å². The highest BCUT2D eigenvalue weighted by Gasteiger charge is 2.41. The maximum atomic E-state index is 12.8.